The molecule has 3 rings (SSSR count). The van der Waals surface area contributed by atoms with Crippen molar-refractivity contribution in [1.82, 2.24) is 24.5 Å². The van der Waals surface area contributed by atoms with Crippen LogP contribution in [0.2, 0.25) is 0 Å². The fraction of sp³-hybridized carbons (Fsp3) is 0.294. The van der Waals surface area contributed by atoms with Crippen molar-refractivity contribution in [2.75, 3.05) is 5.32 Å². The molecule has 0 saturated carbocycles. The molecule has 124 valence electrons. The highest BCUT2D eigenvalue weighted by molar-refractivity contribution is 6.02. The third-order valence-electron chi connectivity index (χ3n) is 3.87. The Bertz CT molecular complexity index is 892. The minimum atomic E-state index is -0.217. The first-order valence-electron chi connectivity index (χ1n) is 7.79. The Morgan fingerprint density at radius 2 is 2.08 bits per heavy atom. The van der Waals surface area contributed by atoms with Crippen LogP contribution in [0.4, 0.5) is 5.82 Å². The first-order valence-corrected chi connectivity index (χ1v) is 7.79. The molecule has 0 bridgehead atoms. The molecule has 3 heterocycles. The first-order chi connectivity index (χ1) is 11.5. The van der Waals surface area contributed by atoms with Gasteiger partial charge in [-0.15, -0.1) is 0 Å². The number of anilines is 1. The molecule has 0 spiro atoms. The van der Waals surface area contributed by atoms with Gasteiger partial charge in [-0.25, -0.2) is 4.98 Å². The van der Waals surface area contributed by atoms with Crippen molar-refractivity contribution in [1.29, 1.82) is 0 Å². The lowest BCUT2D eigenvalue weighted by Gasteiger charge is -2.08. The van der Waals surface area contributed by atoms with Gasteiger partial charge in [0.25, 0.3) is 5.91 Å². The summed E-state index contributed by atoms with van der Waals surface area (Å²) >= 11 is 0. The summed E-state index contributed by atoms with van der Waals surface area (Å²) in [6, 6.07) is 5.53. The topological polar surface area (TPSA) is 77.6 Å². The van der Waals surface area contributed by atoms with Gasteiger partial charge in [-0.1, -0.05) is 6.92 Å². The van der Waals surface area contributed by atoms with E-state index in [0.29, 0.717) is 11.5 Å². The van der Waals surface area contributed by atoms with Gasteiger partial charge in [-0.05, 0) is 31.5 Å². The Labute approximate surface area is 140 Å². The summed E-state index contributed by atoms with van der Waals surface area (Å²) in [7, 11) is 3.64. The predicted molar refractivity (Wildman–Crippen MR) is 91.7 cm³/mol. The van der Waals surface area contributed by atoms with Crippen LogP contribution in [-0.4, -0.2) is 30.5 Å². The molecule has 3 aromatic heterocycles. The zero-order valence-corrected chi connectivity index (χ0v) is 14.2. The van der Waals surface area contributed by atoms with Crippen molar-refractivity contribution in [2.45, 2.75) is 20.3 Å². The second-order valence-electron chi connectivity index (χ2n) is 5.68. The van der Waals surface area contributed by atoms with Gasteiger partial charge in [0, 0.05) is 37.1 Å². The van der Waals surface area contributed by atoms with Crippen molar-refractivity contribution in [2.24, 2.45) is 14.1 Å². The average molecular weight is 324 g/mol. The monoisotopic (exact) mass is 324 g/mol. The third-order valence-corrected chi connectivity index (χ3v) is 3.87. The molecule has 0 unspecified atom stereocenters. The number of carbonyl (C=O) groups excluding carboxylic acids is 1. The quantitative estimate of drug-likeness (QED) is 0.799. The Morgan fingerprint density at radius 3 is 2.67 bits per heavy atom. The molecule has 0 fully saturated rings. The molecule has 0 atom stereocenters. The summed E-state index contributed by atoms with van der Waals surface area (Å²) < 4.78 is 3.34. The molecular formula is C17H20N6O. The molecular weight excluding hydrogens is 304 g/mol. The molecule has 24 heavy (non-hydrogen) atoms. The van der Waals surface area contributed by atoms with E-state index in [1.807, 2.05) is 33.2 Å². The van der Waals surface area contributed by atoms with Gasteiger partial charge in [-0.3, -0.25) is 14.2 Å². The van der Waals surface area contributed by atoms with Crippen molar-refractivity contribution >= 4 is 11.7 Å². The Kier molecular flexibility index (Phi) is 4.16. The van der Waals surface area contributed by atoms with E-state index in [4.69, 9.17) is 0 Å². The first kappa shape index (κ1) is 15.9. The highest BCUT2D eigenvalue weighted by Gasteiger charge is 2.14. The minimum absolute atomic E-state index is 0.217. The van der Waals surface area contributed by atoms with E-state index in [1.165, 1.54) is 0 Å². The van der Waals surface area contributed by atoms with E-state index in [9.17, 15) is 4.79 Å². The number of carbonyl (C=O) groups is 1. The second kappa shape index (κ2) is 6.27. The summed E-state index contributed by atoms with van der Waals surface area (Å²) in [5.41, 5.74) is 4.23. The zero-order chi connectivity index (χ0) is 17.3. The third kappa shape index (κ3) is 3.05. The highest BCUT2D eigenvalue weighted by Crippen LogP contribution is 2.23. The lowest BCUT2D eigenvalue weighted by molar-refractivity contribution is 0.101. The molecule has 0 saturated heterocycles. The van der Waals surface area contributed by atoms with Crippen LogP contribution in [0, 0.1) is 6.92 Å². The number of pyridine rings is 1. The number of aryl methyl sites for hydroxylation is 4. The Hall–Kier alpha value is -2.96. The van der Waals surface area contributed by atoms with Gasteiger partial charge in [0.1, 0.15) is 11.5 Å². The van der Waals surface area contributed by atoms with Crippen molar-refractivity contribution in [3.05, 3.63) is 47.7 Å². The molecule has 3 aromatic rings. The van der Waals surface area contributed by atoms with Gasteiger partial charge in [0.05, 0.1) is 11.9 Å². The molecule has 0 aliphatic carbocycles. The molecule has 1 amide bonds. The van der Waals surface area contributed by atoms with Crippen molar-refractivity contribution in [3.8, 4) is 11.1 Å². The SMILES string of the molecule is CCc1cc(C(=O)Nc2ccc(-c3cnn(C)c3)c(C)n2)n(C)n1. The van der Waals surface area contributed by atoms with E-state index in [-0.39, 0.29) is 5.91 Å². The molecule has 0 radical (unpaired) electrons. The normalized spacial score (nSPS) is 10.8. The van der Waals surface area contributed by atoms with Gasteiger partial charge in [0.2, 0.25) is 0 Å². The number of aromatic nitrogens is 5. The molecule has 7 nitrogen and oxygen atoms in total. The molecule has 0 aromatic carbocycles. The fourth-order valence-electron chi connectivity index (χ4n) is 2.59. The van der Waals surface area contributed by atoms with Crippen molar-refractivity contribution < 1.29 is 4.79 Å². The van der Waals surface area contributed by atoms with E-state index in [2.05, 4.69) is 20.5 Å². The fourth-order valence-corrected chi connectivity index (χ4v) is 2.59. The predicted octanol–water partition coefficient (Wildman–Crippen LogP) is 2.34. The number of amides is 1. The largest absolute Gasteiger partial charge is 0.305 e. The minimum Gasteiger partial charge on any atom is -0.305 e. The van der Waals surface area contributed by atoms with Gasteiger partial charge in [0.15, 0.2) is 0 Å². The van der Waals surface area contributed by atoms with Crippen molar-refractivity contribution in [3.63, 3.8) is 0 Å². The van der Waals surface area contributed by atoms with Gasteiger partial charge < -0.3 is 5.32 Å². The van der Waals surface area contributed by atoms with Crippen LogP contribution in [0.15, 0.2) is 30.6 Å². The lowest BCUT2D eigenvalue weighted by Crippen LogP contribution is -2.17. The Morgan fingerprint density at radius 1 is 1.29 bits per heavy atom. The lowest BCUT2D eigenvalue weighted by atomic mass is 10.1. The maximum atomic E-state index is 12.4. The van der Waals surface area contributed by atoms with Crippen LogP contribution in [0.5, 0.6) is 0 Å². The second-order valence-corrected chi connectivity index (χ2v) is 5.68. The van der Waals surface area contributed by atoms with E-state index in [0.717, 1.165) is 28.9 Å². The summed E-state index contributed by atoms with van der Waals surface area (Å²) in [6.07, 6.45) is 4.52. The van der Waals surface area contributed by atoms with Crippen LogP contribution in [0.1, 0.15) is 28.8 Å². The number of rotatable bonds is 4. The summed E-state index contributed by atoms with van der Waals surface area (Å²) in [6.45, 7) is 3.92. The average Bonchev–Trinajstić information content (AvgIpc) is 3.13. The van der Waals surface area contributed by atoms with Crippen LogP contribution in [0.25, 0.3) is 11.1 Å². The van der Waals surface area contributed by atoms with Crippen LogP contribution in [-0.2, 0) is 20.5 Å². The standard InChI is InChI=1S/C17H20N6O/c1-5-13-8-15(23(4)21-13)17(24)20-16-7-6-14(11(2)19-16)12-9-18-22(3)10-12/h6-10H,5H2,1-4H3,(H,19,20,24). The molecule has 0 aliphatic heterocycles. The van der Waals surface area contributed by atoms with E-state index >= 15 is 0 Å². The summed E-state index contributed by atoms with van der Waals surface area (Å²) in [5, 5.41) is 11.3. The van der Waals surface area contributed by atoms with Gasteiger partial charge >= 0.3 is 0 Å². The maximum Gasteiger partial charge on any atom is 0.275 e. The number of nitrogens with one attached hydrogen (secondary N) is 1. The van der Waals surface area contributed by atoms with Gasteiger partial charge in [-0.2, -0.15) is 10.2 Å². The van der Waals surface area contributed by atoms with Crippen LogP contribution < -0.4 is 5.32 Å². The maximum absolute atomic E-state index is 12.4. The molecule has 1 N–H and O–H groups in total. The smallest absolute Gasteiger partial charge is 0.275 e. The Balaban J connectivity index is 1.81. The van der Waals surface area contributed by atoms with Crippen LogP contribution >= 0.6 is 0 Å². The van der Waals surface area contributed by atoms with E-state index in [1.54, 1.807) is 34.7 Å². The number of hydrogen-bond donors (Lipinski definition) is 1. The number of hydrogen-bond acceptors (Lipinski definition) is 4. The summed E-state index contributed by atoms with van der Waals surface area (Å²) in [5.74, 6) is 0.301. The summed E-state index contributed by atoms with van der Waals surface area (Å²) in [4.78, 5) is 16.9. The highest BCUT2D eigenvalue weighted by atomic mass is 16.2. The van der Waals surface area contributed by atoms with E-state index < -0.39 is 0 Å². The van der Waals surface area contributed by atoms with Crippen LogP contribution in [0.3, 0.4) is 0 Å². The molecule has 0 aliphatic rings. The molecule has 7 heteroatoms. The zero-order valence-electron chi connectivity index (χ0n) is 14.2. The number of nitrogens with zero attached hydrogens (tertiary/aromatic N) is 5.